The average Bonchev–Trinajstić information content (AvgIpc) is 3.02. The van der Waals surface area contributed by atoms with Gasteiger partial charge in [0.2, 0.25) is 11.7 Å². The molecule has 2 heterocycles. The van der Waals surface area contributed by atoms with Gasteiger partial charge in [0.05, 0.1) is 12.2 Å². The summed E-state index contributed by atoms with van der Waals surface area (Å²) in [7, 11) is 0. The summed E-state index contributed by atoms with van der Waals surface area (Å²) in [6.07, 6.45) is 0. The first-order chi connectivity index (χ1) is 13.6. The van der Waals surface area contributed by atoms with Crippen molar-refractivity contribution >= 4 is 23.4 Å². The molecule has 2 aromatic rings. The molecule has 0 aliphatic carbocycles. The number of hydrogen-bond acceptors (Lipinski definition) is 5. The number of benzene rings is 1. The van der Waals surface area contributed by atoms with Gasteiger partial charge in [0.1, 0.15) is 5.82 Å². The van der Waals surface area contributed by atoms with Gasteiger partial charge in [-0.05, 0) is 52.0 Å². The Morgan fingerprint density at radius 1 is 1.10 bits per heavy atom. The highest BCUT2D eigenvalue weighted by Crippen LogP contribution is 2.15. The van der Waals surface area contributed by atoms with Crippen molar-refractivity contribution in [1.29, 1.82) is 0 Å². The highest BCUT2D eigenvalue weighted by Gasteiger charge is 2.27. The highest BCUT2D eigenvalue weighted by atomic mass is 35.5. The van der Waals surface area contributed by atoms with E-state index in [2.05, 4.69) is 20.3 Å². The minimum absolute atomic E-state index is 0.00345. The van der Waals surface area contributed by atoms with Gasteiger partial charge in [-0.25, -0.2) is 9.67 Å². The largest absolute Gasteiger partial charge is 0.350 e. The molecule has 0 saturated carbocycles. The Balaban J connectivity index is 1.59. The number of carbonyl (C=O) groups excluding carboxylic acids is 2. The predicted octanol–water partition coefficient (Wildman–Crippen LogP) is 1.90. The van der Waals surface area contributed by atoms with Crippen molar-refractivity contribution in [3.63, 3.8) is 0 Å². The van der Waals surface area contributed by atoms with Gasteiger partial charge < -0.3 is 10.2 Å². The maximum absolute atomic E-state index is 12.8. The molecule has 1 aromatic carbocycles. The van der Waals surface area contributed by atoms with Crippen LogP contribution in [0.2, 0.25) is 5.02 Å². The van der Waals surface area contributed by atoms with E-state index in [9.17, 15) is 9.59 Å². The molecular formula is C20H27ClN6O2. The number of amides is 2. The van der Waals surface area contributed by atoms with Gasteiger partial charge in [-0.3, -0.25) is 14.5 Å². The van der Waals surface area contributed by atoms with E-state index >= 15 is 0 Å². The molecule has 0 bridgehead atoms. The Kier molecular flexibility index (Phi) is 6.24. The van der Waals surface area contributed by atoms with Crippen molar-refractivity contribution in [1.82, 2.24) is 29.9 Å². The molecule has 1 aromatic heterocycles. The van der Waals surface area contributed by atoms with Crippen LogP contribution in [0.25, 0.3) is 5.69 Å². The third kappa shape index (κ3) is 5.55. The quantitative estimate of drug-likeness (QED) is 0.819. The molecule has 1 aliphatic heterocycles. The molecule has 0 radical (unpaired) electrons. The number of rotatable bonds is 4. The zero-order valence-electron chi connectivity index (χ0n) is 17.3. The van der Waals surface area contributed by atoms with Crippen molar-refractivity contribution < 1.29 is 9.59 Å². The minimum atomic E-state index is -0.249. The monoisotopic (exact) mass is 418 g/mol. The van der Waals surface area contributed by atoms with Crippen LogP contribution in [0.1, 0.15) is 37.2 Å². The summed E-state index contributed by atoms with van der Waals surface area (Å²) >= 11 is 5.94. The topological polar surface area (TPSA) is 83.4 Å². The summed E-state index contributed by atoms with van der Waals surface area (Å²) in [5, 5.41) is 7.98. The zero-order valence-corrected chi connectivity index (χ0v) is 18.0. The van der Waals surface area contributed by atoms with Gasteiger partial charge in [-0.2, -0.15) is 0 Å². The van der Waals surface area contributed by atoms with E-state index in [4.69, 9.17) is 11.6 Å². The lowest BCUT2D eigenvalue weighted by Gasteiger charge is -2.34. The van der Waals surface area contributed by atoms with Crippen LogP contribution in [0.15, 0.2) is 24.3 Å². The van der Waals surface area contributed by atoms with Crippen molar-refractivity contribution in [2.75, 3.05) is 32.7 Å². The first kappa shape index (κ1) is 21.3. The molecule has 1 aliphatic rings. The summed E-state index contributed by atoms with van der Waals surface area (Å²) < 4.78 is 1.64. The van der Waals surface area contributed by atoms with E-state index in [1.807, 2.05) is 39.8 Å². The number of halogens is 1. The number of aryl methyl sites for hydroxylation is 1. The molecule has 8 nitrogen and oxygen atoms in total. The normalized spacial score (nSPS) is 15.4. The van der Waals surface area contributed by atoms with E-state index in [1.165, 1.54) is 0 Å². The maximum atomic E-state index is 12.8. The van der Waals surface area contributed by atoms with Gasteiger partial charge >= 0.3 is 0 Å². The SMILES string of the molecule is Cc1nc(C(=O)N2CCN(CC(=O)NC(C)(C)C)CC2)nn1-c1ccc(Cl)cc1. The van der Waals surface area contributed by atoms with E-state index in [-0.39, 0.29) is 23.2 Å². The Hall–Kier alpha value is -2.45. The van der Waals surface area contributed by atoms with Crippen molar-refractivity contribution in [3.05, 3.63) is 40.9 Å². The van der Waals surface area contributed by atoms with E-state index in [0.29, 0.717) is 43.6 Å². The first-order valence-corrected chi connectivity index (χ1v) is 10.0. The fraction of sp³-hybridized carbons (Fsp3) is 0.500. The standard InChI is InChI=1S/C20H27ClN6O2/c1-14-22-18(24-27(14)16-7-5-15(21)6-8-16)19(29)26-11-9-25(10-12-26)13-17(28)23-20(2,3)4/h5-8H,9-13H2,1-4H3,(H,23,28). The van der Waals surface area contributed by atoms with Crippen LogP contribution in [0.5, 0.6) is 0 Å². The molecule has 2 amide bonds. The molecular weight excluding hydrogens is 392 g/mol. The molecule has 1 N–H and O–H groups in total. The second-order valence-corrected chi connectivity index (χ2v) is 8.67. The van der Waals surface area contributed by atoms with Gasteiger partial charge in [0.25, 0.3) is 5.91 Å². The smallest absolute Gasteiger partial charge is 0.293 e. The molecule has 0 unspecified atom stereocenters. The minimum Gasteiger partial charge on any atom is -0.350 e. The Bertz CT molecular complexity index is 879. The molecule has 0 atom stereocenters. The molecule has 1 saturated heterocycles. The maximum Gasteiger partial charge on any atom is 0.293 e. The number of carbonyl (C=O) groups is 2. The lowest BCUT2D eigenvalue weighted by Crippen LogP contribution is -2.53. The van der Waals surface area contributed by atoms with Crippen LogP contribution >= 0.6 is 11.6 Å². The third-order valence-electron chi connectivity index (χ3n) is 4.57. The molecule has 29 heavy (non-hydrogen) atoms. The van der Waals surface area contributed by atoms with E-state index in [1.54, 1.807) is 21.7 Å². The lowest BCUT2D eigenvalue weighted by atomic mass is 10.1. The number of aromatic nitrogens is 3. The van der Waals surface area contributed by atoms with Crippen molar-refractivity contribution in [2.45, 2.75) is 33.2 Å². The third-order valence-corrected chi connectivity index (χ3v) is 4.82. The van der Waals surface area contributed by atoms with Crippen LogP contribution in [-0.4, -0.2) is 74.6 Å². The lowest BCUT2D eigenvalue weighted by molar-refractivity contribution is -0.124. The van der Waals surface area contributed by atoms with E-state index < -0.39 is 0 Å². The Labute approximate surface area is 175 Å². The molecule has 9 heteroatoms. The predicted molar refractivity (Wildman–Crippen MR) is 111 cm³/mol. The number of hydrogen-bond donors (Lipinski definition) is 1. The second-order valence-electron chi connectivity index (χ2n) is 8.24. The van der Waals surface area contributed by atoms with E-state index in [0.717, 1.165) is 5.69 Å². The van der Waals surface area contributed by atoms with Crippen LogP contribution in [0.4, 0.5) is 0 Å². The van der Waals surface area contributed by atoms with Crippen LogP contribution < -0.4 is 5.32 Å². The van der Waals surface area contributed by atoms with Crippen LogP contribution in [0, 0.1) is 6.92 Å². The first-order valence-electron chi connectivity index (χ1n) is 9.64. The van der Waals surface area contributed by atoms with Crippen LogP contribution in [-0.2, 0) is 4.79 Å². The summed E-state index contributed by atoms with van der Waals surface area (Å²) in [4.78, 5) is 33.1. The summed E-state index contributed by atoms with van der Waals surface area (Å²) in [6.45, 7) is 10.4. The van der Waals surface area contributed by atoms with Crippen molar-refractivity contribution in [2.24, 2.45) is 0 Å². The Morgan fingerprint density at radius 3 is 2.31 bits per heavy atom. The van der Waals surface area contributed by atoms with Gasteiger partial charge in [0.15, 0.2) is 0 Å². The Morgan fingerprint density at radius 2 is 1.72 bits per heavy atom. The molecule has 0 spiro atoms. The summed E-state index contributed by atoms with van der Waals surface area (Å²) in [6, 6.07) is 7.21. The molecule has 3 rings (SSSR count). The highest BCUT2D eigenvalue weighted by molar-refractivity contribution is 6.30. The average molecular weight is 419 g/mol. The van der Waals surface area contributed by atoms with Gasteiger partial charge in [0, 0.05) is 36.7 Å². The number of piperazine rings is 1. The van der Waals surface area contributed by atoms with Crippen molar-refractivity contribution in [3.8, 4) is 5.69 Å². The zero-order chi connectivity index (χ0) is 21.2. The fourth-order valence-corrected chi connectivity index (χ4v) is 3.34. The summed E-state index contributed by atoms with van der Waals surface area (Å²) in [5.41, 5.74) is 0.550. The second kappa shape index (κ2) is 8.51. The number of nitrogens with zero attached hydrogens (tertiary/aromatic N) is 5. The number of nitrogens with one attached hydrogen (secondary N) is 1. The van der Waals surface area contributed by atoms with Crippen LogP contribution in [0.3, 0.4) is 0 Å². The van der Waals surface area contributed by atoms with Gasteiger partial charge in [-0.15, -0.1) is 5.10 Å². The fourth-order valence-electron chi connectivity index (χ4n) is 3.22. The molecule has 1 fully saturated rings. The molecule has 156 valence electrons. The van der Waals surface area contributed by atoms with Gasteiger partial charge in [-0.1, -0.05) is 11.6 Å². The summed E-state index contributed by atoms with van der Waals surface area (Å²) in [5.74, 6) is 0.611.